The number of hydrogen-bond donors (Lipinski definition) is 1. The summed E-state index contributed by atoms with van der Waals surface area (Å²) in [5.41, 5.74) is 2.06. The quantitative estimate of drug-likeness (QED) is 0.822. The Morgan fingerprint density at radius 1 is 1.35 bits per heavy atom. The van der Waals surface area contributed by atoms with Gasteiger partial charge in [-0.25, -0.2) is 9.78 Å². The highest BCUT2D eigenvalue weighted by Crippen LogP contribution is 2.18. The van der Waals surface area contributed by atoms with Crippen LogP contribution in [0.25, 0.3) is 11.0 Å². The van der Waals surface area contributed by atoms with Gasteiger partial charge in [0.25, 0.3) is 0 Å². The maximum Gasteiger partial charge on any atom is 0.335 e. The van der Waals surface area contributed by atoms with Gasteiger partial charge in [-0.15, -0.1) is 0 Å². The normalized spacial score (nSPS) is 11.4. The highest BCUT2D eigenvalue weighted by atomic mass is 16.4. The Kier molecular flexibility index (Phi) is 4.39. The molecule has 2 aromatic rings. The summed E-state index contributed by atoms with van der Waals surface area (Å²) in [5.74, 6) is 0.0254. The Bertz CT molecular complexity index is 617. The second-order valence-electron chi connectivity index (χ2n) is 5.33. The molecule has 0 amide bonds. The Balaban J connectivity index is 2.17. The number of imidazole rings is 1. The summed E-state index contributed by atoms with van der Waals surface area (Å²) in [7, 11) is 4.15. The number of rotatable bonds is 6. The lowest BCUT2D eigenvalue weighted by Gasteiger charge is -2.10. The lowest BCUT2D eigenvalue weighted by Crippen LogP contribution is -2.13. The molecule has 5 nitrogen and oxygen atoms in total. The molecule has 0 unspecified atom stereocenters. The van der Waals surface area contributed by atoms with E-state index in [0.717, 1.165) is 42.8 Å². The molecule has 0 aliphatic carbocycles. The summed E-state index contributed by atoms with van der Waals surface area (Å²) in [6, 6.07) is 5.13. The van der Waals surface area contributed by atoms with E-state index in [0.29, 0.717) is 0 Å². The Morgan fingerprint density at radius 3 is 2.75 bits per heavy atom. The Hall–Kier alpha value is -1.88. The van der Waals surface area contributed by atoms with Crippen LogP contribution in [0.3, 0.4) is 0 Å². The van der Waals surface area contributed by atoms with E-state index in [1.807, 2.05) is 13.0 Å². The monoisotopic (exact) mass is 275 g/mol. The molecule has 20 heavy (non-hydrogen) atoms. The molecule has 2 rings (SSSR count). The molecule has 1 aromatic carbocycles. The molecule has 0 spiro atoms. The summed E-state index contributed by atoms with van der Waals surface area (Å²) < 4.78 is 2.16. The molecule has 0 saturated heterocycles. The summed E-state index contributed by atoms with van der Waals surface area (Å²) in [4.78, 5) is 17.6. The smallest absolute Gasteiger partial charge is 0.335 e. The molecule has 0 aliphatic rings. The van der Waals surface area contributed by atoms with E-state index in [1.54, 1.807) is 12.1 Å². The van der Waals surface area contributed by atoms with Crippen molar-refractivity contribution in [2.45, 2.75) is 26.3 Å². The van der Waals surface area contributed by atoms with E-state index < -0.39 is 5.97 Å². The number of fused-ring (bicyclic) bond motifs is 1. The minimum atomic E-state index is -0.912. The minimum absolute atomic E-state index is 0.287. The van der Waals surface area contributed by atoms with Crippen LogP contribution in [-0.4, -0.2) is 46.2 Å². The average Bonchev–Trinajstić information content (AvgIpc) is 2.69. The van der Waals surface area contributed by atoms with Gasteiger partial charge in [0, 0.05) is 6.54 Å². The lowest BCUT2D eigenvalue weighted by atomic mass is 10.2. The van der Waals surface area contributed by atoms with Gasteiger partial charge in [0.1, 0.15) is 5.82 Å². The molecule has 0 aliphatic heterocycles. The van der Waals surface area contributed by atoms with E-state index in [2.05, 4.69) is 28.5 Å². The van der Waals surface area contributed by atoms with Crippen LogP contribution in [0.5, 0.6) is 0 Å². The number of carboxylic acids is 1. The van der Waals surface area contributed by atoms with Crippen LogP contribution in [0.2, 0.25) is 0 Å². The third-order valence-corrected chi connectivity index (χ3v) is 3.42. The van der Waals surface area contributed by atoms with Gasteiger partial charge in [-0.3, -0.25) is 0 Å². The second-order valence-corrected chi connectivity index (χ2v) is 5.33. The van der Waals surface area contributed by atoms with Crippen molar-refractivity contribution in [3.05, 3.63) is 29.6 Å². The molecule has 0 radical (unpaired) electrons. The summed E-state index contributed by atoms with van der Waals surface area (Å²) in [6.07, 6.45) is 2.23. The van der Waals surface area contributed by atoms with Crippen molar-refractivity contribution >= 4 is 17.0 Å². The maximum absolute atomic E-state index is 11.0. The van der Waals surface area contributed by atoms with Crippen molar-refractivity contribution in [1.82, 2.24) is 14.5 Å². The van der Waals surface area contributed by atoms with Gasteiger partial charge < -0.3 is 14.6 Å². The Labute approximate surface area is 118 Å². The molecular formula is C15H21N3O2. The van der Waals surface area contributed by atoms with E-state index in [1.165, 1.54) is 0 Å². The zero-order valence-electron chi connectivity index (χ0n) is 12.3. The van der Waals surface area contributed by atoms with E-state index >= 15 is 0 Å². The molecule has 1 N–H and O–H groups in total. The molecule has 0 saturated carbocycles. The second kappa shape index (κ2) is 6.05. The van der Waals surface area contributed by atoms with Gasteiger partial charge in [-0.1, -0.05) is 0 Å². The molecule has 1 aromatic heterocycles. The van der Waals surface area contributed by atoms with E-state index in [9.17, 15) is 4.79 Å². The highest BCUT2D eigenvalue weighted by molar-refractivity contribution is 5.92. The highest BCUT2D eigenvalue weighted by Gasteiger charge is 2.10. The number of benzene rings is 1. The van der Waals surface area contributed by atoms with Gasteiger partial charge in [-0.05, 0) is 58.6 Å². The zero-order valence-corrected chi connectivity index (χ0v) is 12.3. The number of aromatic nitrogens is 2. The summed E-state index contributed by atoms with van der Waals surface area (Å²) in [6.45, 7) is 3.96. The number of hydrogen-bond acceptors (Lipinski definition) is 3. The first-order valence-electron chi connectivity index (χ1n) is 6.84. The van der Waals surface area contributed by atoms with Crippen LogP contribution in [0, 0.1) is 6.92 Å². The molecule has 0 bridgehead atoms. The van der Waals surface area contributed by atoms with E-state index in [4.69, 9.17) is 5.11 Å². The first kappa shape index (κ1) is 14.5. The van der Waals surface area contributed by atoms with Gasteiger partial charge in [-0.2, -0.15) is 0 Å². The van der Waals surface area contributed by atoms with Gasteiger partial charge >= 0.3 is 5.97 Å². The molecule has 108 valence electrons. The van der Waals surface area contributed by atoms with Crippen molar-refractivity contribution in [2.24, 2.45) is 0 Å². The fourth-order valence-electron chi connectivity index (χ4n) is 2.36. The number of aromatic carboxylic acids is 1. The Morgan fingerprint density at radius 2 is 2.10 bits per heavy atom. The predicted octanol–water partition coefficient (Wildman–Crippen LogP) is 2.38. The number of unbranched alkanes of at least 4 members (excludes halogenated alkanes) is 1. The van der Waals surface area contributed by atoms with Crippen molar-refractivity contribution in [3.8, 4) is 0 Å². The largest absolute Gasteiger partial charge is 0.478 e. The topological polar surface area (TPSA) is 58.4 Å². The zero-order chi connectivity index (χ0) is 14.7. The van der Waals surface area contributed by atoms with Crippen molar-refractivity contribution in [3.63, 3.8) is 0 Å². The molecular weight excluding hydrogens is 254 g/mol. The number of carbonyl (C=O) groups is 1. The van der Waals surface area contributed by atoms with Crippen LogP contribution in [0.1, 0.15) is 29.0 Å². The van der Waals surface area contributed by atoms with Gasteiger partial charge in [0.05, 0.1) is 16.6 Å². The molecule has 5 heteroatoms. The predicted molar refractivity (Wildman–Crippen MR) is 79.2 cm³/mol. The molecule has 0 fully saturated rings. The number of nitrogens with zero attached hydrogens (tertiary/aromatic N) is 3. The molecule has 1 heterocycles. The third kappa shape index (κ3) is 3.17. The van der Waals surface area contributed by atoms with Crippen molar-refractivity contribution < 1.29 is 9.90 Å². The van der Waals surface area contributed by atoms with Gasteiger partial charge in [0.2, 0.25) is 0 Å². The third-order valence-electron chi connectivity index (χ3n) is 3.42. The van der Waals surface area contributed by atoms with Crippen molar-refractivity contribution in [1.29, 1.82) is 0 Å². The molecule has 0 atom stereocenters. The number of aryl methyl sites for hydroxylation is 2. The fourth-order valence-corrected chi connectivity index (χ4v) is 2.36. The van der Waals surface area contributed by atoms with Crippen molar-refractivity contribution in [2.75, 3.05) is 20.6 Å². The first-order chi connectivity index (χ1) is 9.49. The average molecular weight is 275 g/mol. The van der Waals surface area contributed by atoms with Crippen LogP contribution in [0.15, 0.2) is 18.2 Å². The lowest BCUT2D eigenvalue weighted by molar-refractivity contribution is 0.0697. The minimum Gasteiger partial charge on any atom is -0.478 e. The van der Waals surface area contributed by atoms with Gasteiger partial charge in [0.15, 0.2) is 0 Å². The summed E-state index contributed by atoms with van der Waals surface area (Å²) in [5, 5.41) is 9.01. The van der Waals surface area contributed by atoms with Crippen LogP contribution < -0.4 is 0 Å². The maximum atomic E-state index is 11.0. The van der Waals surface area contributed by atoms with Crippen LogP contribution >= 0.6 is 0 Å². The van der Waals surface area contributed by atoms with E-state index in [-0.39, 0.29) is 5.56 Å². The first-order valence-corrected chi connectivity index (χ1v) is 6.84. The van der Waals surface area contributed by atoms with Crippen LogP contribution in [0.4, 0.5) is 0 Å². The SMILES string of the molecule is Cc1nc2cc(C(=O)O)ccc2n1CCCCN(C)C. The van der Waals surface area contributed by atoms with Crippen LogP contribution in [-0.2, 0) is 6.54 Å². The fraction of sp³-hybridized carbons (Fsp3) is 0.467. The number of carboxylic acid groups (broad SMARTS) is 1. The summed E-state index contributed by atoms with van der Waals surface area (Å²) >= 11 is 0. The standard InChI is InChI=1S/C15H21N3O2/c1-11-16-13-10-12(15(19)20)6-7-14(13)18(11)9-5-4-8-17(2)3/h6-7,10H,4-5,8-9H2,1-3H3,(H,19,20).